The average Bonchev–Trinajstić information content (AvgIpc) is 2.12. The standard InChI is InChI=1S/C7H2BrClN4/c8-5-1-2-6(12-13-11)4(3-10)7(5)9/h1-2H. The molecule has 4 nitrogen and oxygen atoms in total. The maximum atomic E-state index is 8.71. The average molecular weight is 257 g/mol. The van der Waals surface area contributed by atoms with Gasteiger partial charge in [0.1, 0.15) is 6.07 Å². The van der Waals surface area contributed by atoms with Gasteiger partial charge < -0.3 is 0 Å². The Morgan fingerprint density at radius 2 is 2.31 bits per heavy atom. The predicted octanol–water partition coefficient (Wildman–Crippen LogP) is 3.92. The number of azide groups is 1. The van der Waals surface area contributed by atoms with E-state index in [-0.39, 0.29) is 16.3 Å². The molecule has 0 amide bonds. The third-order valence-electron chi connectivity index (χ3n) is 1.34. The number of hydrogen-bond acceptors (Lipinski definition) is 2. The minimum absolute atomic E-state index is 0.175. The summed E-state index contributed by atoms with van der Waals surface area (Å²) in [6.45, 7) is 0. The number of nitriles is 1. The van der Waals surface area contributed by atoms with E-state index in [0.29, 0.717) is 4.47 Å². The van der Waals surface area contributed by atoms with Gasteiger partial charge in [-0.3, -0.25) is 0 Å². The van der Waals surface area contributed by atoms with Gasteiger partial charge >= 0.3 is 0 Å². The number of nitrogens with zero attached hydrogens (tertiary/aromatic N) is 4. The lowest BCUT2D eigenvalue weighted by atomic mass is 10.2. The van der Waals surface area contributed by atoms with Crippen LogP contribution in [0.2, 0.25) is 5.02 Å². The maximum absolute atomic E-state index is 8.71. The Hall–Kier alpha value is -1.21. The van der Waals surface area contributed by atoms with E-state index in [1.54, 1.807) is 6.07 Å². The molecule has 0 aliphatic rings. The lowest BCUT2D eigenvalue weighted by molar-refractivity contribution is 1.41. The fourth-order valence-electron chi connectivity index (χ4n) is 0.778. The Morgan fingerprint density at radius 1 is 1.62 bits per heavy atom. The molecule has 1 aromatic rings. The molecule has 0 radical (unpaired) electrons. The second-order valence-corrected chi connectivity index (χ2v) is 3.29. The molecule has 0 aromatic heterocycles. The van der Waals surface area contributed by atoms with Crippen LogP contribution in [0.5, 0.6) is 0 Å². The van der Waals surface area contributed by atoms with Gasteiger partial charge in [-0.25, -0.2) is 0 Å². The summed E-state index contributed by atoms with van der Waals surface area (Å²) in [5.74, 6) is 0. The summed E-state index contributed by atoms with van der Waals surface area (Å²) in [5, 5.41) is 12.3. The van der Waals surface area contributed by atoms with Crippen molar-refractivity contribution >= 4 is 33.2 Å². The molecular formula is C7H2BrClN4. The smallest absolute Gasteiger partial charge is 0.101 e. The quantitative estimate of drug-likeness (QED) is 0.427. The normalized spacial score (nSPS) is 8.69. The number of benzene rings is 1. The van der Waals surface area contributed by atoms with Crippen LogP contribution in [0.25, 0.3) is 10.4 Å². The fourth-order valence-corrected chi connectivity index (χ4v) is 1.31. The lowest BCUT2D eigenvalue weighted by Crippen LogP contribution is -1.79. The van der Waals surface area contributed by atoms with Crippen LogP contribution in [0.4, 0.5) is 5.69 Å². The van der Waals surface area contributed by atoms with Crippen molar-refractivity contribution < 1.29 is 0 Å². The van der Waals surface area contributed by atoms with E-state index in [0.717, 1.165) is 0 Å². The number of rotatable bonds is 1. The molecule has 0 atom stereocenters. The Bertz CT molecular complexity index is 431. The first-order valence-electron chi connectivity index (χ1n) is 3.14. The van der Waals surface area contributed by atoms with Crippen molar-refractivity contribution in [3.05, 3.63) is 37.6 Å². The SMILES string of the molecule is N#Cc1c(N=[N+]=[N-])ccc(Br)c1Cl. The molecule has 64 valence electrons. The van der Waals surface area contributed by atoms with E-state index in [1.807, 2.05) is 6.07 Å². The van der Waals surface area contributed by atoms with Crippen LogP contribution in [-0.4, -0.2) is 0 Å². The van der Waals surface area contributed by atoms with Gasteiger partial charge in [-0.15, -0.1) is 0 Å². The maximum Gasteiger partial charge on any atom is 0.101 e. The molecule has 0 bridgehead atoms. The van der Waals surface area contributed by atoms with Gasteiger partial charge in [-0.1, -0.05) is 22.8 Å². The molecule has 1 aromatic carbocycles. The van der Waals surface area contributed by atoms with Crippen molar-refractivity contribution in [3.63, 3.8) is 0 Å². The van der Waals surface area contributed by atoms with E-state index in [1.165, 1.54) is 6.07 Å². The molecule has 0 saturated carbocycles. The molecule has 0 N–H and O–H groups in total. The number of hydrogen-bond donors (Lipinski definition) is 0. The number of halogens is 2. The predicted molar refractivity (Wildman–Crippen MR) is 52.7 cm³/mol. The highest BCUT2D eigenvalue weighted by Gasteiger charge is 2.08. The summed E-state index contributed by atoms with van der Waals surface area (Å²) >= 11 is 8.94. The topological polar surface area (TPSA) is 72.5 Å². The van der Waals surface area contributed by atoms with Gasteiger partial charge in [0.15, 0.2) is 0 Å². The summed E-state index contributed by atoms with van der Waals surface area (Å²) in [5.41, 5.74) is 8.60. The summed E-state index contributed by atoms with van der Waals surface area (Å²) in [6.07, 6.45) is 0. The van der Waals surface area contributed by atoms with Gasteiger partial charge in [0.2, 0.25) is 0 Å². The summed E-state index contributed by atoms with van der Waals surface area (Å²) < 4.78 is 0.600. The molecule has 0 aliphatic carbocycles. The molecule has 6 heteroatoms. The summed E-state index contributed by atoms with van der Waals surface area (Å²) in [4.78, 5) is 2.59. The summed E-state index contributed by atoms with van der Waals surface area (Å²) in [6, 6.07) is 5.00. The van der Waals surface area contributed by atoms with Crippen molar-refractivity contribution in [3.8, 4) is 6.07 Å². The minimum Gasteiger partial charge on any atom is -0.192 e. The van der Waals surface area contributed by atoms with Crippen molar-refractivity contribution in [1.29, 1.82) is 5.26 Å². The molecule has 0 spiro atoms. The van der Waals surface area contributed by atoms with Gasteiger partial charge in [-0.05, 0) is 27.5 Å². The first kappa shape index (κ1) is 9.87. The minimum atomic E-state index is 0.175. The Kier molecular flexibility index (Phi) is 3.15. The Balaban J connectivity index is 3.49. The van der Waals surface area contributed by atoms with Crippen LogP contribution in [0.3, 0.4) is 0 Å². The van der Waals surface area contributed by atoms with E-state index in [9.17, 15) is 0 Å². The van der Waals surface area contributed by atoms with Crippen LogP contribution in [0.15, 0.2) is 21.7 Å². The van der Waals surface area contributed by atoms with Gasteiger partial charge in [0.25, 0.3) is 0 Å². The van der Waals surface area contributed by atoms with Crippen molar-refractivity contribution in [2.45, 2.75) is 0 Å². The van der Waals surface area contributed by atoms with Crippen molar-refractivity contribution in [2.75, 3.05) is 0 Å². The monoisotopic (exact) mass is 256 g/mol. The third kappa shape index (κ3) is 1.93. The molecule has 1 rings (SSSR count). The van der Waals surface area contributed by atoms with Crippen LogP contribution in [0.1, 0.15) is 5.56 Å². The largest absolute Gasteiger partial charge is 0.192 e. The molecule has 13 heavy (non-hydrogen) atoms. The summed E-state index contributed by atoms with van der Waals surface area (Å²) in [7, 11) is 0. The molecule has 0 heterocycles. The van der Waals surface area contributed by atoms with E-state index in [4.69, 9.17) is 22.4 Å². The highest BCUT2D eigenvalue weighted by atomic mass is 79.9. The van der Waals surface area contributed by atoms with Crippen LogP contribution in [0, 0.1) is 11.3 Å². The lowest BCUT2D eigenvalue weighted by Gasteiger charge is -2.00. The Labute approximate surface area is 87.5 Å². The second-order valence-electron chi connectivity index (χ2n) is 2.06. The first-order valence-corrected chi connectivity index (χ1v) is 4.31. The molecular weight excluding hydrogens is 255 g/mol. The highest BCUT2D eigenvalue weighted by Crippen LogP contribution is 2.32. The zero-order valence-electron chi connectivity index (χ0n) is 6.20. The van der Waals surface area contributed by atoms with Crippen LogP contribution < -0.4 is 0 Å². The highest BCUT2D eigenvalue weighted by molar-refractivity contribution is 9.10. The van der Waals surface area contributed by atoms with E-state index in [2.05, 4.69) is 26.0 Å². The van der Waals surface area contributed by atoms with Crippen LogP contribution in [-0.2, 0) is 0 Å². The van der Waals surface area contributed by atoms with E-state index < -0.39 is 0 Å². The molecule has 0 unspecified atom stereocenters. The fraction of sp³-hybridized carbons (Fsp3) is 0. The van der Waals surface area contributed by atoms with Gasteiger partial charge in [0, 0.05) is 9.38 Å². The van der Waals surface area contributed by atoms with E-state index >= 15 is 0 Å². The van der Waals surface area contributed by atoms with Crippen molar-refractivity contribution in [2.24, 2.45) is 5.11 Å². The van der Waals surface area contributed by atoms with Gasteiger partial charge in [-0.2, -0.15) is 5.26 Å². The Morgan fingerprint density at radius 3 is 2.85 bits per heavy atom. The molecule has 0 aliphatic heterocycles. The zero-order valence-corrected chi connectivity index (χ0v) is 8.54. The second kappa shape index (κ2) is 4.15. The molecule has 0 saturated heterocycles. The zero-order chi connectivity index (χ0) is 9.84. The van der Waals surface area contributed by atoms with Crippen LogP contribution >= 0.6 is 27.5 Å². The third-order valence-corrected chi connectivity index (χ3v) is 2.62. The first-order chi connectivity index (χ1) is 6.20. The van der Waals surface area contributed by atoms with Gasteiger partial charge in [0.05, 0.1) is 16.3 Å². The molecule has 0 fully saturated rings. The van der Waals surface area contributed by atoms with Crippen molar-refractivity contribution in [1.82, 2.24) is 0 Å².